The van der Waals surface area contributed by atoms with Crippen LogP contribution in [0.15, 0.2) is 55.1 Å². The van der Waals surface area contributed by atoms with E-state index in [9.17, 15) is 24.3 Å². The fraction of sp³-hybridized carbons (Fsp3) is 0.528. The van der Waals surface area contributed by atoms with Crippen molar-refractivity contribution >= 4 is 37.4 Å². The minimum atomic E-state index is -3.00. The number of amides is 3. The van der Waals surface area contributed by atoms with Crippen LogP contribution in [0.4, 0.5) is 11.4 Å². The Balaban J connectivity index is 1.38. The van der Waals surface area contributed by atoms with Gasteiger partial charge in [0.05, 0.1) is 30.9 Å². The van der Waals surface area contributed by atoms with E-state index in [0.29, 0.717) is 37.2 Å². The maximum Gasteiger partial charge on any atom is 0.264 e. The molecule has 6 rings (SSSR count). The smallest absolute Gasteiger partial charge is 0.264 e. The molecule has 0 radical (unpaired) electrons. The molecule has 46 heavy (non-hydrogen) atoms. The molecule has 2 fully saturated rings. The molecule has 2 N–H and O–H groups in total. The summed E-state index contributed by atoms with van der Waals surface area (Å²) >= 11 is 0. The minimum Gasteiger partial charge on any atom is -0.432 e. The van der Waals surface area contributed by atoms with Crippen LogP contribution in [0.3, 0.4) is 0 Å². The van der Waals surface area contributed by atoms with Crippen molar-refractivity contribution in [3.63, 3.8) is 0 Å². The Morgan fingerprint density at radius 2 is 1.85 bits per heavy atom. The zero-order valence-electron chi connectivity index (χ0n) is 27.3. The van der Waals surface area contributed by atoms with Gasteiger partial charge < -0.3 is 29.3 Å². The van der Waals surface area contributed by atoms with Crippen LogP contribution in [-0.2, 0) is 37.7 Å². The number of ether oxygens (including phenoxy) is 1. The molecule has 5 atom stereocenters. The summed E-state index contributed by atoms with van der Waals surface area (Å²) in [6.45, 7) is 10.7. The Morgan fingerprint density at radius 1 is 1.11 bits per heavy atom. The summed E-state index contributed by atoms with van der Waals surface area (Å²) < 4.78 is 6.93. The van der Waals surface area contributed by atoms with Crippen molar-refractivity contribution in [3.05, 3.63) is 71.8 Å². The highest BCUT2D eigenvalue weighted by molar-refractivity contribution is 6.71. The van der Waals surface area contributed by atoms with Crippen LogP contribution in [0, 0.1) is 5.92 Å². The number of rotatable bonds is 7. The second kappa shape index (κ2) is 12.7. The summed E-state index contributed by atoms with van der Waals surface area (Å²) in [5.41, 5.74) is 2.46. The third-order valence-corrected chi connectivity index (χ3v) is 13.2. The normalized spacial score (nSPS) is 28.2. The molecule has 4 aliphatic heterocycles. The van der Waals surface area contributed by atoms with E-state index in [0.717, 1.165) is 42.5 Å². The van der Waals surface area contributed by atoms with E-state index >= 15 is 0 Å². The van der Waals surface area contributed by atoms with E-state index < -0.39 is 31.5 Å². The van der Waals surface area contributed by atoms with Gasteiger partial charge in [-0.15, -0.1) is 6.58 Å². The maximum atomic E-state index is 14.6. The van der Waals surface area contributed by atoms with Gasteiger partial charge in [0.25, 0.3) is 5.91 Å². The van der Waals surface area contributed by atoms with Crippen LogP contribution in [0.5, 0.6) is 0 Å². The van der Waals surface area contributed by atoms with E-state index in [4.69, 9.17) is 4.74 Å². The van der Waals surface area contributed by atoms with Crippen LogP contribution in [-0.4, -0.2) is 72.7 Å². The number of nitrogens with zero attached hydrogens (tertiary/aromatic N) is 3. The number of carbonyl (C=O) groups is 3. The number of carbonyl (C=O) groups excluding carboxylic acids is 3. The van der Waals surface area contributed by atoms with Crippen molar-refractivity contribution in [1.82, 2.24) is 4.90 Å². The Labute approximate surface area is 273 Å². The van der Waals surface area contributed by atoms with Gasteiger partial charge in [0.15, 0.2) is 13.9 Å². The Kier molecular flexibility index (Phi) is 9.01. The van der Waals surface area contributed by atoms with Crippen LogP contribution < -0.4 is 9.80 Å². The Bertz CT molecular complexity index is 1520. The molecular formula is C36H47N3O6Si. The molecule has 4 heterocycles. The van der Waals surface area contributed by atoms with E-state index in [2.05, 4.69) is 6.58 Å². The number of hydrogen-bond donors (Lipinski definition) is 2. The lowest BCUT2D eigenvalue weighted by molar-refractivity contribution is -0.150. The Morgan fingerprint density at radius 3 is 2.57 bits per heavy atom. The molecule has 2 saturated heterocycles. The molecule has 3 amide bonds. The molecule has 9 nitrogen and oxygen atoms in total. The number of hydrogen-bond acceptors (Lipinski definition) is 6. The monoisotopic (exact) mass is 645 g/mol. The van der Waals surface area contributed by atoms with E-state index in [-0.39, 0.29) is 43.3 Å². The maximum absolute atomic E-state index is 14.6. The predicted molar refractivity (Wildman–Crippen MR) is 180 cm³/mol. The molecule has 246 valence electrons. The number of aliphatic hydroxyl groups is 1. The first-order chi connectivity index (χ1) is 22.0. The summed E-state index contributed by atoms with van der Waals surface area (Å²) in [7, 11) is -3.00. The third kappa shape index (κ3) is 5.53. The molecule has 2 aromatic rings. The Hall–Kier alpha value is -3.31. The van der Waals surface area contributed by atoms with Crippen molar-refractivity contribution in [2.75, 3.05) is 29.5 Å². The van der Waals surface area contributed by atoms with Gasteiger partial charge in [-0.2, -0.15) is 0 Å². The molecule has 0 bridgehead atoms. The lowest BCUT2D eigenvalue weighted by Gasteiger charge is -2.37. The first-order valence-corrected chi connectivity index (χ1v) is 19.8. The first-order valence-electron chi connectivity index (χ1n) is 16.8. The van der Waals surface area contributed by atoms with E-state index in [1.54, 1.807) is 15.9 Å². The SMILES string of the molecule is C=CCN1C(=O)[C@@]2(O[C@@H](CC(=O)N3Cc4ccccc4C[C@H]3CO)[C@H]([Si](C)(C)O)[C@H]2C)c2cc(N3CCCCCCC3=O)ccc21. The number of fused-ring (bicyclic) bond motifs is 3. The van der Waals surface area contributed by atoms with Gasteiger partial charge in [-0.1, -0.05) is 50.1 Å². The van der Waals surface area contributed by atoms with Crippen LogP contribution >= 0.6 is 0 Å². The third-order valence-electron chi connectivity index (χ3n) is 10.7. The van der Waals surface area contributed by atoms with Crippen molar-refractivity contribution in [2.24, 2.45) is 5.92 Å². The van der Waals surface area contributed by atoms with Gasteiger partial charge in [0, 0.05) is 48.8 Å². The number of benzene rings is 2. The summed E-state index contributed by atoms with van der Waals surface area (Å²) in [6, 6.07) is 13.4. The molecule has 0 aromatic heterocycles. The van der Waals surface area contributed by atoms with E-state index in [1.165, 1.54) is 0 Å². The standard InChI is InChI=1S/C36H47N3O6Si/c1-5-17-38-30-16-15-27(37-18-11-7-6-8-14-32(37)41)20-29(30)36(35(38)43)24(2)34(46(3,4)44)31(45-36)21-33(42)39-22-26-13-10-9-12-25(26)19-28(39)23-40/h5,9-10,12-13,15-16,20,24,28,31,34,40,44H,1,6-8,11,14,17-19,21-23H2,2-4H3/t24-,28+,31+,34-,36+/m1/s1. The van der Waals surface area contributed by atoms with Crippen LogP contribution in [0.1, 0.15) is 62.1 Å². The fourth-order valence-electron chi connectivity index (χ4n) is 8.51. The van der Waals surface area contributed by atoms with Crippen LogP contribution in [0.2, 0.25) is 18.6 Å². The van der Waals surface area contributed by atoms with Gasteiger partial charge in [-0.05, 0) is 61.7 Å². The molecule has 2 aromatic carbocycles. The average molecular weight is 646 g/mol. The lowest BCUT2D eigenvalue weighted by Crippen LogP contribution is -2.48. The summed E-state index contributed by atoms with van der Waals surface area (Å²) in [5.74, 6) is -0.760. The second-order valence-electron chi connectivity index (χ2n) is 14.0. The molecule has 4 aliphatic rings. The highest BCUT2D eigenvalue weighted by atomic mass is 28.4. The predicted octanol–water partition coefficient (Wildman–Crippen LogP) is 4.65. The largest absolute Gasteiger partial charge is 0.432 e. The van der Waals surface area contributed by atoms with Gasteiger partial charge in [0.1, 0.15) is 0 Å². The topological polar surface area (TPSA) is 111 Å². The van der Waals surface area contributed by atoms with Crippen molar-refractivity contribution in [1.29, 1.82) is 0 Å². The zero-order valence-corrected chi connectivity index (χ0v) is 28.3. The van der Waals surface area contributed by atoms with E-state index in [1.807, 2.05) is 67.4 Å². The molecule has 0 unspecified atom stereocenters. The summed E-state index contributed by atoms with van der Waals surface area (Å²) in [4.78, 5) is 58.8. The second-order valence-corrected chi connectivity index (χ2v) is 18.0. The molecule has 10 heteroatoms. The summed E-state index contributed by atoms with van der Waals surface area (Å²) in [5, 5.41) is 10.3. The minimum absolute atomic E-state index is 0.0131. The van der Waals surface area contributed by atoms with Gasteiger partial charge in [-0.25, -0.2) is 0 Å². The average Bonchev–Trinajstić information content (AvgIpc) is 3.44. The molecular weight excluding hydrogens is 598 g/mol. The number of aliphatic hydroxyl groups excluding tert-OH is 1. The van der Waals surface area contributed by atoms with Crippen molar-refractivity contribution < 1.29 is 29.0 Å². The quantitative estimate of drug-likeness (QED) is 0.335. The number of anilines is 2. The zero-order chi connectivity index (χ0) is 32.8. The summed E-state index contributed by atoms with van der Waals surface area (Å²) in [6.07, 6.45) is 5.91. The molecule has 1 spiro atoms. The molecule has 0 saturated carbocycles. The van der Waals surface area contributed by atoms with Crippen molar-refractivity contribution in [2.45, 2.75) is 94.8 Å². The molecule has 0 aliphatic carbocycles. The van der Waals surface area contributed by atoms with Gasteiger partial charge in [-0.3, -0.25) is 14.4 Å². The van der Waals surface area contributed by atoms with Gasteiger partial charge in [0.2, 0.25) is 11.8 Å². The van der Waals surface area contributed by atoms with Crippen LogP contribution in [0.25, 0.3) is 0 Å². The fourth-order valence-corrected chi connectivity index (χ4v) is 11.1. The first kappa shape index (κ1) is 32.6. The highest BCUT2D eigenvalue weighted by Crippen LogP contribution is 2.60. The van der Waals surface area contributed by atoms with Crippen molar-refractivity contribution in [3.8, 4) is 0 Å². The highest BCUT2D eigenvalue weighted by Gasteiger charge is 2.66. The lowest BCUT2D eigenvalue weighted by atomic mass is 9.82. The van der Waals surface area contributed by atoms with Gasteiger partial charge >= 0.3 is 0 Å².